The van der Waals surface area contributed by atoms with E-state index in [0.717, 1.165) is 11.3 Å². The fraction of sp³-hybridized carbons (Fsp3) is 0.500. The van der Waals surface area contributed by atoms with Crippen molar-refractivity contribution in [1.82, 2.24) is 0 Å². The number of amides is 1. The van der Waals surface area contributed by atoms with Gasteiger partial charge < -0.3 is 19.7 Å². The Morgan fingerprint density at radius 1 is 0.909 bits per heavy atom. The quantitative estimate of drug-likeness (QED) is 0.120. The van der Waals surface area contributed by atoms with Crippen LogP contribution in [0.4, 0.5) is 22.1 Å². The van der Waals surface area contributed by atoms with E-state index in [1.165, 1.54) is 12.1 Å². The summed E-state index contributed by atoms with van der Waals surface area (Å²) in [7, 11) is -8.49. The molecule has 0 saturated carbocycles. The van der Waals surface area contributed by atoms with Gasteiger partial charge in [0.15, 0.2) is 5.00 Å². The zero-order valence-corrected chi connectivity index (χ0v) is 27.2. The fourth-order valence-electron chi connectivity index (χ4n) is 3.90. The summed E-state index contributed by atoms with van der Waals surface area (Å²) >= 11 is 0.892. The molecule has 0 saturated heterocycles. The second kappa shape index (κ2) is 16.6. The second-order valence-electron chi connectivity index (χ2n) is 9.25. The zero-order valence-electron chi connectivity index (χ0n) is 24.7. The summed E-state index contributed by atoms with van der Waals surface area (Å²) in [6, 6.07) is 4.60. The highest BCUT2D eigenvalue weighted by atomic mass is 32.2. The molecule has 0 aliphatic carbocycles. The molecule has 0 atom stereocenters. The van der Waals surface area contributed by atoms with Gasteiger partial charge in [0.05, 0.1) is 30.4 Å². The van der Waals surface area contributed by atoms with E-state index in [-0.39, 0.29) is 78.3 Å². The molecule has 1 aromatic carbocycles. The van der Waals surface area contributed by atoms with Crippen molar-refractivity contribution in [1.29, 1.82) is 0 Å². The van der Waals surface area contributed by atoms with Crippen molar-refractivity contribution in [3.63, 3.8) is 0 Å². The third-order valence-corrected chi connectivity index (χ3v) is 8.68. The lowest BCUT2D eigenvalue weighted by atomic mass is 10.1. The molecule has 1 heterocycles. The summed E-state index contributed by atoms with van der Waals surface area (Å²) < 4.78 is 73.4. The van der Waals surface area contributed by atoms with Crippen molar-refractivity contribution in [3.8, 4) is 0 Å². The fourth-order valence-corrected chi connectivity index (χ4v) is 5.89. The van der Waals surface area contributed by atoms with Crippen molar-refractivity contribution in [3.05, 3.63) is 34.2 Å². The van der Waals surface area contributed by atoms with Crippen molar-refractivity contribution in [2.45, 2.75) is 47.0 Å². The Bertz CT molecular complexity index is 1550. The lowest BCUT2D eigenvalue weighted by Crippen LogP contribution is -2.28. The van der Waals surface area contributed by atoms with Crippen LogP contribution in [0, 0.1) is 6.92 Å². The first kappa shape index (κ1) is 36.7. The van der Waals surface area contributed by atoms with Crippen LogP contribution < -0.4 is 10.2 Å². The van der Waals surface area contributed by atoms with Gasteiger partial charge in [-0.1, -0.05) is 6.92 Å². The Morgan fingerprint density at radius 3 is 2.00 bits per heavy atom. The van der Waals surface area contributed by atoms with E-state index in [1.54, 1.807) is 38.7 Å². The summed E-state index contributed by atoms with van der Waals surface area (Å²) in [5, 5.41) is 11.2. The van der Waals surface area contributed by atoms with Crippen molar-refractivity contribution in [2.24, 2.45) is 10.2 Å². The van der Waals surface area contributed by atoms with Crippen LogP contribution in [0.5, 0.6) is 0 Å². The molecular formula is C26H36N4O11S3. The first-order valence-electron chi connectivity index (χ1n) is 13.6. The van der Waals surface area contributed by atoms with Gasteiger partial charge in [-0.2, -0.15) is 16.8 Å². The normalized spacial score (nSPS) is 11.9. The monoisotopic (exact) mass is 676 g/mol. The van der Waals surface area contributed by atoms with Crippen LogP contribution in [0.1, 0.15) is 65.6 Å². The van der Waals surface area contributed by atoms with Crippen LogP contribution in [-0.2, 0) is 34.5 Å². The number of ether oxygens (including phenoxy) is 2. The number of nitrogens with one attached hydrogen (secondary N) is 1. The van der Waals surface area contributed by atoms with Crippen LogP contribution in [-0.4, -0.2) is 81.6 Å². The topological polar surface area (TPSA) is 218 Å². The van der Waals surface area contributed by atoms with E-state index in [2.05, 4.69) is 15.5 Å². The molecule has 0 spiro atoms. The van der Waals surface area contributed by atoms with E-state index in [1.807, 2.05) is 0 Å². The van der Waals surface area contributed by atoms with Crippen molar-refractivity contribution in [2.75, 3.05) is 48.0 Å². The minimum absolute atomic E-state index is 0.0000149. The molecule has 1 aromatic heterocycles. The standard InChI is InChI=1S/C26H36N4O11S3/c1-5-21(31)27-20-16-18(30(12-8-14-43(34,35)36)13-9-15-44(37,38)39)10-11-19(20)28-29-24-22(25(32)40-6-2)17(4)23(42-24)26(33)41-7-3/h10-11,16H,5-9,12-15H2,1-4H3,(H,27,31)(H,34,35,36)(H,37,38,39). The maximum atomic E-state index is 12.7. The molecule has 0 fully saturated rings. The molecule has 18 heteroatoms. The maximum Gasteiger partial charge on any atom is 0.348 e. The number of benzene rings is 1. The number of hydrogen-bond donors (Lipinski definition) is 3. The average molecular weight is 677 g/mol. The first-order valence-corrected chi connectivity index (χ1v) is 17.6. The molecular weight excluding hydrogens is 641 g/mol. The van der Waals surface area contributed by atoms with Gasteiger partial charge in [0.1, 0.15) is 16.1 Å². The van der Waals surface area contributed by atoms with Gasteiger partial charge in [-0.3, -0.25) is 13.9 Å². The third kappa shape index (κ3) is 11.6. The highest BCUT2D eigenvalue weighted by molar-refractivity contribution is 7.86. The maximum absolute atomic E-state index is 12.7. The minimum atomic E-state index is -4.25. The molecule has 2 rings (SSSR count). The summed E-state index contributed by atoms with van der Waals surface area (Å²) in [6.07, 6.45) is 0.118. The van der Waals surface area contributed by atoms with E-state index in [9.17, 15) is 31.2 Å². The van der Waals surface area contributed by atoms with Crippen LogP contribution >= 0.6 is 11.3 Å². The lowest BCUT2D eigenvalue weighted by Gasteiger charge is -2.25. The summed E-state index contributed by atoms with van der Waals surface area (Å²) in [6.45, 7) is 6.85. The summed E-state index contributed by atoms with van der Waals surface area (Å²) in [4.78, 5) is 39.3. The predicted molar refractivity (Wildman–Crippen MR) is 165 cm³/mol. The van der Waals surface area contributed by atoms with Crippen LogP contribution in [0.2, 0.25) is 0 Å². The van der Waals surface area contributed by atoms with Crippen LogP contribution in [0.15, 0.2) is 28.4 Å². The smallest absolute Gasteiger partial charge is 0.348 e. The molecule has 0 aliphatic heterocycles. The van der Waals surface area contributed by atoms with Crippen LogP contribution in [0.3, 0.4) is 0 Å². The molecule has 0 radical (unpaired) electrons. The number of rotatable bonds is 17. The summed E-state index contributed by atoms with van der Waals surface area (Å²) in [5.74, 6) is -2.78. The van der Waals surface area contributed by atoms with Gasteiger partial charge in [-0.25, -0.2) is 9.59 Å². The highest BCUT2D eigenvalue weighted by Gasteiger charge is 2.26. The van der Waals surface area contributed by atoms with Gasteiger partial charge >= 0.3 is 11.9 Å². The van der Waals surface area contributed by atoms with E-state index < -0.39 is 43.7 Å². The molecule has 0 unspecified atom stereocenters. The van der Waals surface area contributed by atoms with Gasteiger partial charge in [-0.15, -0.1) is 21.6 Å². The Morgan fingerprint density at radius 2 is 1.48 bits per heavy atom. The second-order valence-corrected chi connectivity index (χ2v) is 13.4. The Labute approximate surface area is 260 Å². The third-order valence-electron chi connectivity index (χ3n) is 5.92. The molecule has 1 amide bonds. The van der Waals surface area contributed by atoms with E-state index >= 15 is 0 Å². The molecule has 2 aromatic rings. The Kier molecular flexibility index (Phi) is 13.8. The number of hydrogen-bond acceptors (Lipinski definition) is 13. The predicted octanol–water partition coefficient (Wildman–Crippen LogP) is 4.54. The Hall–Kier alpha value is -3.45. The van der Waals surface area contributed by atoms with E-state index in [4.69, 9.17) is 18.6 Å². The molecule has 15 nitrogen and oxygen atoms in total. The highest BCUT2D eigenvalue weighted by Crippen LogP contribution is 2.39. The zero-order chi connectivity index (χ0) is 33.1. The Balaban J connectivity index is 2.55. The molecule has 244 valence electrons. The molecule has 0 bridgehead atoms. The van der Waals surface area contributed by atoms with Gasteiger partial charge in [0.25, 0.3) is 20.2 Å². The number of thiophene rings is 1. The van der Waals surface area contributed by atoms with E-state index in [0.29, 0.717) is 11.3 Å². The molecule has 44 heavy (non-hydrogen) atoms. The first-order chi connectivity index (χ1) is 20.6. The average Bonchev–Trinajstić information content (AvgIpc) is 3.26. The number of azo groups is 1. The molecule has 3 N–H and O–H groups in total. The van der Waals surface area contributed by atoms with Gasteiger partial charge in [0, 0.05) is 25.2 Å². The van der Waals surface area contributed by atoms with Crippen LogP contribution in [0.25, 0.3) is 0 Å². The van der Waals surface area contributed by atoms with Crippen molar-refractivity contribution < 1.29 is 49.8 Å². The number of carbonyl (C=O) groups excluding carboxylic acids is 3. The van der Waals surface area contributed by atoms with Crippen molar-refractivity contribution >= 4 is 71.5 Å². The lowest BCUT2D eigenvalue weighted by molar-refractivity contribution is -0.115. The van der Waals surface area contributed by atoms with Gasteiger partial charge in [0.2, 0.25) is 5.91 Å². The largest absolute Gasteiger partial charge is 0.462 e. The molecule has 0 aliphatic rings. The minimum Gasteiger partial charge on any atom is -0.462 e. The number of carbonyl (C=O) groups is 3. The number of esters is 2. The number of anilines is 2. The number of nitrogens with zero attached hydrogens (tertiary/aromatic N) is 3. The van der Waals surface area contributed by atoms with Gasteiger partial charge in [-0.05, 0) is 57.4 Å². The SMILES string of the molecule is CCOC(=O)c1sc(N=Nc2ccc(N(CCCS(=O)(=O)O)CCCS(=O)(=O)O)cc2NC(=O)CC)c(C(=O)OCC)c1C. The summed E-state index contributed by atoms with van der Waals surface area (Å²) in [5.41, 5.74) is 1.18.